The third-order valence-electron chi connectivity index (χ3n) is 4.98. The number of fused-ring (bicyclic) bond motifs is 2. The van der Waals surface area contributed by atoms with Crippen LogP contribution in [0.3, 0.4) is 0 Å². The zero-order valence-electron chi connectivity index (χ0n) is 12.1. The van der Waals surface area contributed by atoms with Gasteiger partial charge < -0.3 is 10.1 Å². The molecule has 0 spiro atoms. The lowest BCUT2D eigenvalue weighted by Gasteiger charge is -2.20. The lowest BCUT2D eigenvalue weighted by Crippen LogP contribution is -2.26. The maximum Gasteiger partial charge on any atom is 0.220 e. The minimum absolute atomic E-state index is 0.207. The number of carbonyl (C=O) groups is 1. The van der Waals surface area contributed by atoms with Crippen LogP contribution in [0.2, 0.25) is 0 Å². The number of hydrogen-bond donors (Lipinski definition) is 1. The molecule has 0 saturated heterocycles. The van der Waals surface area contributed by atoms with Gasteiger partial charge in [-0.1, -0.05) is 18.6 Å². The first-order chi connectivity index (χ1) is 9.74. The quantitative estimate of drug-likeness (QED) is 0.895. The summed E-state index contributed by atoms with van der Waals surface area (Å²) in [5.74, 6) is 3.44. The van der Waals surface area contributed by atoms with E-state index >= 15 is 0 Å². The highest BCUT2D eigenvalue weighted by Crippen LogP contribution is 2.49. The minimum atomic E-state index is 0.207. The first-order valence-corrected chi connectivity index (χ1v) is 7.64. The van der Waals surface area contributed by atoms with E-state index in [1.165, 1.54) is 25.7 Å². The summed E-state index contributed by atoms with van der Waals surface area (Å²) in [6, 6.07) is 7.85. The smallest absolute Gasteiger partial charge is 0.220 e. The van der Waals surface area contributed by atoms with E-state index in [0.717, 1.165) is 29.6 Å². The van der Waals surface area contributed by atoms with E-state index in [9.17, 15) is 4.79 Å². The van der Waals surface area contributed by atoms with E-state index in [-0.39, 0.29) is 5.91 Å². The molecule has 1 N–H and O–H groups in total. The van der Waals surface area contributed by atoms with Gasteiger partial charge in [-0.05, 0) is 54.7 Å². The van der Waals surface area contributed by atoms with Crippen LogP contribution in [0.15, 0.2) is 24.3 Å². The van der Waals surface area contributed by atoms with Crippen molar-refractivity contribution in [2.75, 3.05) is 7.11 Å². The van der Waals surface area contributed by atoms with Gasteiger partial charge in [0.05, 0.1) is 7.11 Å². The topological polar surface area (TPSA) is 38.3 Å². The molecule has 1 amide bonds. The highest BCUT2D eigenvalue weighted by Gasteiger charge is 2.39. The van der Waals surface area contributed by atoms with E-state index in [0.29, 0.717) is 12.5 Å². The number of methoxy groups -OCH3 is 1. The molecule has 0 radical (unpaired) electrons. The summed E-state index contributed by atoms with van der Waals surface area (Å²) in [7, 11) is 1.66. The van der Waals surface area contributed by atoms with Gasteiger partial charge in [0.2, 0.25) is 5.91 Å². The summed E-state index contributed by atoms with van der Waals surface area (Å²) in [5.41, 5.74) is 1.12. The number of amides is 1. The molecule has 20 heavy (non-hydrogen) atoms. The molecule has 3 atom stereocenters. The van der Waals surface area contributed by atoms with Crippen molar-refractivity contribution in [1.29, 1.82) is 0 Å². The monoisotopic (exact) mass is 273 g/mol. The van der Waals surface area contributed by atoms with Gasteiger partial charge in [-0.15, -0.1) is 0 Å². The van der Waals surface area contributed by atoms with Crippen LogP contribution in [0.25, 0.3) is 0 Å². The zero-order valence-corrected chi connectivity index (χ0v) is 12.1. The Morgan fingerprint density at radius 1 is 1.25 bits per heavy atom. The first-order valence-electron chi connectivity index (χ1n) is 7.64. The fourth-order valence-corrected chi connectivity index (χ4v) is 3.88. The van der Waals surface area contributed by atoms with Crippen molar-refractivity contribution in [1.82, 2.24) is 5.32 Å². The second kappa shape index (κ2) is 5.86. The Kier molecular flexibility index (Phi) is 3.95. The Labute approximate surface area is 120 Å². The van der Waals surface area contributed by atoms with E-state index in [4.69, 9.17) is 4.74 Å². The Hall–Kier alpha value is -1.51. The van der Waals surface area contributed by atoms with Crippen molar-refractivity contribution in [3.05, 3.63) is 29.8 Å². The van der Waals surface area contributed by atoms with Crippen LogP contribution < -0.4 is 10.1 Å². The van der Waals surface area contributed by atoms with Gasteiger partial charge in [0.1, 0.15) is 5.75 Å². The minimum Gasteiger partial charge on any atom is -0.497 e. The molecule has 3 unspecified atom stereocenters. The van der Waals surface area contributed by atoms with Gasteiger partial charge in [0.25, 0.3) is 0 Å². The highest BCUT2D eigenvalue weighted by atomic mass is 16.5. The Bertz CT molecular complexity index is 468. The number of benzene rings is 1. The molecule has 0 heterocycles. The van der Waals surface area contributed by atoms with Gasteiger partial charge in [-0.3, -0.25) is 4.79 Å². The Morgan fingerprint density at radius 2 is 2.05 bits per heavy atom. The number of rotatable bonds is 5. The second-order valence-corrected chi connectivity index (χ2v) is 6.26. The van der Waals surface area contributed by atoms with Gasteiger partial charge in [-0.2, -0.15) is 0 Å². The molecule has 3 heteroatoms. The molecule has 2 aliphatic rings. The molecule has 1 aromatic rings. The van der Waals surface area contributed by atoms with Crippen LogP contribution in [-0.4, -0.2) is 13.0 Å². The van der Waals surface area contributed by atoms with Crippen molar-refractivity contribution in [3.8, 4) is 5.75 Å². The number of carbonyl (C=O) groups excluding carboxylic acids is 1. The Balaban J connectivity index is 1.44. The van der Waals surface area contributed by atoms with E-state index in [1.807, 2.05) is 24.3 Å². The molecular weight excluding hydrogens is 250 g/mol. The molecule has 2 bridgehead atoms. The molecule has 1 aromatic carbocycles. The van der Waals surface area contributed by atoms with Gasteiger partial charge in [0, 0.05) is 13.0 Å². The van der Waals surface area contributed by atoms with Crippen molar-refractivity contribution in [2.24, 2.45) is 17.8 Å². The van der Waals surface area contributed by atoms with Gasteiger partial charge in [-0.25, -0.2) is 0 Å². The Morgan fingerprint density at radius 3 is 2.65 bits per heavy atom. The summed E-state index contributed by atoms with van der Waals surface area (Å²) >= 11 is 0. The maximum atomic E-state index is 12.0. The largest absolute Gasteiger partial charge is 0.497 e. The van der Waals surface area contributed by atoms with Crippen molar-refractivity contribution < 1.29 is 9.53 Å². The predicted octanol–water partition coefficient (Wildman–Crippen LogP) is 3.14. The third-order valence-corrected chi connectivity index (χ3v) is 4.98. The summed E-state index contributed by atoms with van der Waals surface area (Å²) in [5, 5.41) is 3.04. The molecule has 2 saturated carbocycles. The summed E-state index contributed by atoms with van der Waals surface area (Å²) in [6.07, 6.45) is 6.12. The number of nitrogens with one attached hydrogen (secondary N) is 1. The predicted molar refractivity (Wildman–Crippen MR) is 78.4 cm³/mol. The van der Waals surface area contributed by atoms with Crippen LogP contribution in [-0.2, 0) is 11.3 Å². The molecule has 3 nitrogen and oxygen atoms in total. The van der Waals surface area contributed by atoms with Crippen LogP contribution >= 0.6 is 0 Å². The van der Waals surface area contributed by atoms with Gasteiger partial charge >= 0.3 is 0 Å². The lowest BCUT2D eigenvalue weighted by atomic mass is 9.86. The average Bonchev–Trinajstić information content (AvgIpc) is 3.08. The normalized spacial score (nSPS) is 27.6. The standard InChI is InChI=1S/C17H23NO2/c1-20-16-6-3-12(4-7-16)11-18-17(19)10-15-9-13-2-5-14(15)8-13/h3-4,6-7,13-15H,2,5,8-11H2,1H3,(H,18,19). The van der Waals surface area contributed by atoms with Gasteiger partial charge in [0.15, 0.2) is 0 Å². The maximum absolute atomic E-state index is 12.0. The lowest BCUT2D eigenvalue weighted by molar-refractivity contribution is -0.122. The molecule has 0 aromatic heterocycles. The average molecular weight is 273 g/mol. The molecule has 3 rings (SSSR count). The van der Waals surface area contributed by atoms with Crippen molar-refractivity contribution in [3.63, 3.8) is 0 Å². The van der Waals surface area contributed by atoms with Crippen LogP contribution in [0, 0.1) is 17.8 Å². The summed E-state index contributed by atoms with van der Waals surface area (Å²) < 4.78 is 5.12. The van der Waals surface area contributed by atoms with E-state index in [2.05, 4.69) is 5.32 Å². The first kappa shape index (κ1) is 13.5. The van der Waals surface area contributed by atoms with E-state index in [1.54, 1.807) is 7.11 Å². The van der Waals surface area contributed by atoms with Crippen molar-refractivity contribution >= 4 is 5.91 Å². The fourth-order valence-electron chi connectivity index (χ4n) is 3.88. The third kappa shape index (κ3) is 2.97. The van der Waals surface area contributed by atoms with Crippen LogP contribution in [0.1, 0.15) is 37.7 Å². The highest BCUT2D eigenvalue weighted by molar-refractivity contribution is 5.76. The molecule has 2 aliphatic carbocycles. The fraction of sp³-hybridized carbons (Fsp3) is 0.588. The van der Waals surface area contributed by atoms with Crippen molar-refractivity contribution in [2.45, 2.75) is 38.6 Å². The zero-order chi connectivity index (χ0) is 13.9. The van der Waals surface area contributed by atoms with Crippen LogP contribution in [0.4, 0.5) is 0 Å². The molecule has 0 aliphatic heterocycles. The second-order valence-electron chi connectivity index (χ2n) is 6.26. The molecular formula is C17H23NO2. The molecule has 2 fully saturated rings. The van der Waals surface area contributed by atoms with E-state index < -0.39 is 0 Å². The number of ether oxygens (including phenoxy) is 1. The number of hydrogen-bond acceptors (Lipinski definition) is 2. The SMILES string of the molecule is COc1ccc(CNC(=O)CC2CC3CCC2C3)cc1. The van der Waals surface area contributed by atoms with Crippen LogP contribution in [0.5, 0.6) is 5.75 Å². The summed E-state index contributed by atoms with van der Waals surface area (Å²) in [6.45, 7) is 0.615. The summed E-state index contributed by atoms with van der Waals surface area (Å²) in [4.78, 5) is 12.0. The molecule has 108 valence electrons.